The third-order valence-corrected chi connectivity index (χ3v) is 4.81. The normalized spacial score (nSPS) is 11.5. The Morgan fingerprint density at radius 1 is 1.29 bits per heavy atom. The van der Waals surface area contributed by atoms with Gasteiger partial charge in [-0.2, -0.15) is 5.10 Å². The first-order valence-electron chi connectivity index (χ1n) is 9.26. The molecule has 0 radical (unpaired) electrons. The summed E-state index contributed by atoms with van der Waals surface area (Å²) in [6.45, 7) is 8.24. The number of rotatable bonds is 6. The van der Waals surface area contributed by atoms with E-state index in [9.17, 15) is 4.39 Å². The average molecular weight is 498 g/mol. The molecule has 3 rings (SSSR count). The minimum atomic E-state index is -0.225. The molecule has 0 bridgehead atoms. The van der Waals surface area contributed by atoms with Crippen LogP contribution in [0.5, 0.6) is 0 Å². The van der Waals surface area contributed by atoms with Gasteiger partial charge in [-0.05, 0) is 51.0 Å². The monoisotopic (exact) mass is 498 g/mol. The first-order chi connectivity index (χ1) is 13.0. The van der Waals surface area contributed by atoms with Gasteiger partial charge in [0.15, 0.2) is 5.96 Å². The van der Waals surface area contributed by atoms with Crippen molar-refractivity contribution in [1.82, 2.24) is 25.4 Å². The van der Waals surface area contributed by atoms with E-state index in [0.29, 0.717) is 6.54 Å². The largest absolute Gasteiger partial charge is 0.361 e. The maximum absolute atomic E-state index is 13.3. The Kier molecular flexibility index (Phi) is 7.85. The Hall–Kier alpha value is -2.10. The summed E-state index contributed by atoms with van der Waals surface area (Å²) in [6, 6.07) is 4.84. The van der Waals surface area contributed by atoms with Crippen LogP contribution in [0.2, 0.25) is 0 Å². The summed E-state index contributed by atoms with van der Waals surface area (Å²) in [5.74, 6) is 0.558. The van der Waals surface area contributed by atoms with Crippen LogP contribution in [0, 0.1) is 19.7 Å². The maximum Gasteiger partial charge on any atom is 0.191 e. The molecule has 0 aliphatic rings. The zero-order valence-corrected chi connectivity index (χ0v) is 19.1. The molecular weight excluding hydrogens is 470 g/mol. The highest BCUT2D eigenvalue weighted by atomic mass is 127. The molecule has 8 heteroatoms. The van der Waals surface area contributed by atoms with Crippen molar-refractivity contribution in [1.29, 1.82) is 0 Å². The van der Waals surface area contributed by atoms with E-state index >= 15 is 0 Å². The van der Waals surface area contributed by atoms with Gasteiger partial charge in [-0.3, -0.25) is 4.68 Å². The second-order valence-corrected chi connectivity index (χ2v) is 6.65. The summed E-state index contributed by atoms with van der Waals surface area (Å²) in [4.78, 5) is 7.83. The molecule has 152 valence electrons. The molecule has 28 heavy (non-hydrogen) atoms. The fraction of sp³-hybridized carbons (Fsp3) is 0.400. The Bertz CT molecular complexity index is 959. The molecule has 2 heterocycles. The van der Waals surface area contributed by atoms with Crippen LogP contribution >= 0.6 is 24.0 Å². The quantitative estimate of drug-likeness (QED) is 0.277. The summed E-state index contributed by atoms with van der Waals surface area (Å²) in [7, 11) is 1.95. The van der Waals surface area contributed by atoms with Crippen molar-refractivity contribution in [3.8, 4) is 0 Å². The van der Waals surface area contributed by atoms with Crippen LogP contribution in [0.25, 0.3) is 10.9 Å². The number of aromatic amines is 1. The highest BCUT2D eigenvalue weighted by Gasteiger charge is 2.09. The molecule has 6 nitrogen and oxygen atoms in total. The number of hydrogen-bond donors (Lipinski definition) is 3. The van der Waals surface area contributed by atoms with Gasteiger partial charge in [-0.15, -0.1) is 24.0 Å². The van der Waals surface area contributed by atoms with E-state index in [0.717, 1.165) is 58.9 Å². The van der Waals surface area contributed by atoms with Gasteiger partial charge in [-0.25, -0.2) is 9.38 Å². The van der Waals surface area contributed by atoms with E-state index in [2.05, 4.69) is 27.6 Å². The smallest absolute Gasteiger partial charge is 0.191 e. The highest BCUT2D eigenvalue weighted by Crippen LogP contribution is 2.19. The Balaban J connectivity index is 0.00000280. The summed E-state index contributed by atoms with van der Waals surface area (Å²) in [5.41, 5.74) is 5.30. The molecule has 0 fully saturated rings. The first-order valence-corrected chi connectivity index (χ1v) is 9.26. The van der Waals surface area contributed by atoms with Crippen LogP contribution in [0.15, 0.2) is 29.4 Å². The van der Waals surface area contributed by atoms with Crippen molar-refractivity contribution in [2.75, 3.05) is 13.1 Å². The topological polar surface area (TPSA) is 70.0 Å². The van der Waals surface area contributed by atoms with Crippen molar-refractivity contribution in [3.63, 3.8) is 0 Å². The number of aromatic nitrogens is 3. The highest BCUT2D eigenvalue weighted by molar-refractivity contribution is 14.0. The molecule has 0 saturated heterocycles. The van der Waals surface area contributed by atoms with E-state index in [4.69, 9.17) is 4.99 Å². The number of benzene rings is 1. The summed E-state index contributed by atoms with van der Waals surface area (Å²) in [6.07, 6.45) is 2.76. The number of aryl methyl sites for hydroxylation is 2. The number of fused-ring (bicyclic) bond motifs is 1. The number of aliphatic imine (C=N–C) groups is 1. The molecule has 0 spiro atoms. The molecule has 0 saturated carbocycles. The van der Waals surface area contributed by atoms with Crippen LogP contribution in [-0.2, 0) is 20.0 Å². The van der Waals surface area contributed by atoms with Crippen molar-refractivity contribution in [2.45, 2.75) is 33.7 Å². The summed E-state index contributed by atoms with van der Waals surface area (Å²) in [5, 5.41) is 12.2. The standard InChI is InChI=1S/C20H27FN6.HI/c1-5-22-20(25-12-18-13(2)26-27(4)14(18)3)23-9-8-15-11-24-19-10-16(21)6-7-17(15)19;/h6-7,10-11,24H,5,8-9,12H2,1-4H3,(H2,22,23,25);1H. The molecule has 3 N–H and O–H groups in total. The predicted octanol–water partition coefficient (Wildman–Crippen LogP) is 3.57. The van der Waals surface area contributed by atoms with E-state index in [1.165, 1.54) is 12.1 Å². The lowest BCUT2D eigenvalue weighted by molar-refractivity contribution is 0.629. The Morgan fingerprint density at radius 3 is 2.75 bits per heavy atom. The fourth-order valence-corrected chi connectivity index (χ4v) is 3.23. The zero-order chi connectivity index (χ0) is 19.4. The van der Waals surface area contributed by atoms with Gasteiger partial charge in [0.1, 0.15) is 5.82 Å². The predicted molar refractivity (Wildman–Crippen MR) is 123 cm³/mol. The van der Waals surface area contributed by atoms with Gasteiger partial charge in [0, 0.05) is 48.5 Å². The van der Waals surface area contributed by atoms with Gasteiger partial charge in [0.25, 0.3) is 0 Å². The van der Waals surface area contributed by atoms with Crippen LogP contribution in [-0.4, -0.2) is 33.8 Å². The lowest BCUT2D eigenvalue weighted by Gasteiger charge is -2.11. The molecule has 0 unspecified atom stereocenters. The summed E-state index contributed by atoms with van der Waals surface area (Å²) < 4.78 is 15.2. The molecule has 0 aliphatic heterocycles. The van der Waals surface area contributed by atoms with Crippen molar-refractivity contribution in [2.24, 2.45) is 12.0 Å². The number of halogens is 2. The Labute approximate surface area is 182 Å². The molecule has 1 aromatic carbocycles. The molecule has 0 atom stereocenters. The number of nitrogens with zero attached hydrogens (tertiary/aromatic N) is 3. The lowest BCUT2D eigenvalue weighted by Crippen LogP contribution is -2.38. The van der Waals surface area contributed by atoms with Crippen molar-refractivity contribution in [3.05, 3.63) is 52.7 Å². The summed E-state index contributed by atoms with van der Waals surface area (Å²) >= 11 is 0. The van der Waals surface area contributed by atoms with E-state index in [-0.39, 0.29) is 29.8 Å². The molecule has 0 aliphatic carbocycles. The maximum atomic E-state index is 13.3. The fourth-order valence-electron chi connectivity index (χ4n) is 3.23. The number of hydrogen-bond acceptors (Lipinski definition) is 2. The number of guanidine groups is 1. The van der Waals surface area contributed by atoms with E-state index in [1.807, 2.05) is 37.8 Å². The number of H-pyrrole nitrogens is 1. The third kappa shape index (κ3) is 5.03. The zero-order valence-electron chi connectivity index (χ0n) is 16.8. The average Bonchev–Trinajstić information content (AvgIpc) is 3.13. The minimum Gasteiger partial charge on any atom is -0.361 e. The molecule has 2 aromatic heterocycles. The van der Waals surface area contributed by atoms with Crippen LogP contribution in [0.4, 0.5) is 4.39 Å². The van der Waals surface area contributed by atoms with Crippen LogP contribution < -0.4 is 10.6 Å². The van der Waals surface area contributed by atoms with Gasteiger partial charge >= 0.3 is 0 Å². The first kappa shape index (κ1) is 22.2. The minimum absolute atomic E-state index is 0. The second kappa shape index (κ2) is 9.90. The van der Waals surface area contributed by atoms with E-state index < -0.39 is 0 Å². The molecule has 3 aromatic rings. The third-order valence-electron chi connectivity index (χ3n) is 4.81. The van der Waals surface area contributed by atoms with Gasteiger partial charge in [-0.1, -0.05) is 0 Å². The van der Waals surface area contributed by atoms with Gasteiger partial charge in [0.05, 0.1) is 12.2 Å². The van der Waals surface area contributed by atoms with Crippen molar-refractivity contribution < 1.29 is 4.39 Å². The van der Waals surface area contributed by atoms with Gasteiger partial charge < -0.3 is 15.6 Å². The second-order valence-electron chi connectivity index (χ2n) is 6.65. The lowest BCUT2D eigenvalue weighted by atomic mass is 10.1. The van der Waals surface area contributed by atoms with Crippen LogP contribution in [0.1, 0.15) is 29.4 Å². The molecular formula is C20H28FIN6. The van der Waals surface area contributed by atoms with Crippen molar-refractivity contribution >= 4 is 40.8 Å². The Morgan fingerprint density at radius 2 is 2.07 bits per heavy atom. The van der Waals surface area contributed by atoms with E-state index in [1.54, 1.807) is 0 Å². The number of nitrogens with one attached hydrogen (secondary N) is 3. The molecule has 0 amide bonds. The van der Waals surface area contributed by atoms with Gasteiger partial charge in [0.2, 0.25) is 0 Å². The van der Waals surface area contributed by atoms with Crippen LogP contribution in [0.3, 0.4) is 0 Å². The SMILES string of the molecule is CCNC(=NCc1c(C)nn(C)c1C)NCCc1c[nH]c2cc(F)ccc12.I.